The van der Waals surface area contributed by atoms with Crippen molar-refractivity contribution in [1.82, 2.24) is 0 Å². The topological polar surface area (TPSA) is 26.0 Å². The summed E-state index contributed by atoms with van der Waals surface area (Å²) in [4.78, 5) is 0. The second-order valence-corrected chi connectivity index (χ2v) is 2.92. The molecule has 0 bridgehead atoms. The molecule has 66 valence electrons. The molecule has 2 N–H and O–H groups in total. The van der Waals surface area contributed by atoms with Crippen LogP contribution in [0.15, 0.2) is 0 Å². The Morgan fingerprint density at radius 1 is 0.833 bits per heavy atom. The van der Waals surface area contributed by atoms with Crippen LogP contribution in [0, 0.1) is 32.4 Å². The second-order valence-electron chi connectivity index (χ2n) is 2.92. The lowest BCUT2D eigenvalue weighted by atomic mass is 10.0. The van der Waals surface area contributed by atoms with E-state index in [1.54, 1.807) is 6.92 Å². The molecule has 0 heterocycles. The molecule has 0 aliphatic heterocycles. The van der Waals surface area contributed by atoms with Gasteiger partial charge in [0.05, 0.1) is 0 Å². The highest BCUT2D eigenvalue weighted by Gasteiger charge is 2.14. The van der Waals surface area contributed by atoms with Crippen molar-refractivity contribution >= 4 is 5.69 Å². The molecular formula is C9H11F2N. The quantitative estimate of drug-likeness (QED) is 0.596. The highest BCUT2D eigenvalue weighted by molar-refractivity contribution is 5.56. The Kier molecular flexibility index (Phi) is 2.04. The fourth-order valence-corrected chi connectivity index (χ4v) is 1.10. The van der Waals surface area contributed by atoms with Crippen LogP contribution in [0.4, 0.5) is 14.5 Å². The van der Waals surface area contributed by atoms with Crippen LogP contribution in [0.2, 0.25) is 0 Å². The summed E-state index contributed by atoms with van der Waals surface area (Å²) in [6.07, 6.45) is 0. The Bertz CT molecular complexity index is 227. The third-order valence-electron chi connectivity index (χ3n) is 2.22. The smallest absolute Gasteiger partial charge is 0.164 e. The molecule has 0 unspecified atom stereocenters. The van der Waals surface area contributed by atoms with E-state index in [1.165, 1.54) is 13.8 Å². The third-order valence-corrected chi connectivity index (χ3v) is 2.22. The maximum absolute atomic E-state index is 13.0. The molecular weight excluding hydrogens is 160 g/mol. The van der Waals surface area contributed by atoms with Gasteiger partial charge in [0, 0.05) is 11.3 Å². The average Bonchev–Trinajstić information content (AvgIpc) is 2.08. The molecule has 0 saturated carbocycles. The lowest BCUT2D eigenvalue weighted by Gasteiger charge is -2.10. The molecule has 0 fully saturated rings. The summed E-state index contributed by atoms with van der Waals surface area (Å²) in [5.41, 5.74) is 6.98. The van der Waals surface area contributed by atoms with Crippen LogP contribution < -0.4 is 5.73 Å². The number of hydrogen-bond acceptors (Lipinski definition) is 1. The number of rotatable bonds is 0. The van der Waals surface area contributed by atoms with E-state index in [9.17, 15) is 8.78 Å². The Hall–Kier alpha value is -1.12. The molecule has 12 heavy (non-hydrogen) atoms. The van der Waals surface area contributed by atoms with E-state index in [-0.39, 0.29) is 11.1 Å². The van der Waals surface area contributed by atoms with Crippen LogP contribution >= 0.6 is 0 Å². The zero-order valence-corrected chi connectivity index (χ0v) is 7.33. The van der Waals surface area contributed by atoms with Gasteiger partial charge in [-0.1, -0.05) is 0 Å². The largest absolute Gasteiger partial charge is 0.398 e. The molecule has 0 amide bonds. The zero-order chi connectivity index (χ0) is 9.46. The Labute approximate surface area is 70.2 Å². The molecule has 1 rings (SSSR count). The van der Waals surface area contributed by atoms with Crippen LogP contribution in [0.3, 0.4) is 0 Å². The molecule has 0 atom stereocenters. The number of nitrogen functional groups attached to an aromatic ring is 1. The van der Waals surface area contributed by atoms with Crippen LogP contribution in [0.5, 0.6) is 0 Å². The van der Waals surface area contributed by atoms with Gasteiger partial charge < -0.3 is 5.73 Å². The predicted octanol–water partition coefficient (Wildman–Crippen LogP) is 2.47. The van der Waals surface area contributed by atoms with Crippen molar-refractivity contribution in [3.05, 3.63) is 28.3 Å². The van der Waals surface area contributed by atoms with Gasteiger partial charge in [-0.15, -0.1) is 0 Å². The minimum atomic E-state index is -0.837. The van der Waals surface area contributed by atoms with E-state index >= 15 is 0 Å². The molecule has 0 spiro atoms. The number of anilines is 1. The number of nitrogens with two attached hydrogens (primary N) is 1. The minimum absolute atomic E-state index is 0.190. The standard InChI is InChI=1S/C9H11F2N/c1-4-5(2)9(12)6(3)8(11)7(4)10/h12H2,1-3H3. The number of benzene rings is 1. The first-order chi connectivity index (χ1) is 5.46. The molecule has 0 radical (unpaired) electrons. The van der Waals surface area contributed by atoms with Gasteiger partial charge in [-0.3, -0.25) is 0 Å². The molecule has 3 heteroatoms. The maximum atomic E-state index is 13.0. The molecule has 1 nitrogen and oxygen atoms in total. The first-order valence-electron chi connectivity index (χ1n) is 3.67. The van der Waals surface area contributed by atoms with Gasteiger partial charge in [0.25, 0.3) is 0 Å². The van der Waals surface area contributed by atoms with Crippen molar-refractivity contribution in [3.63, 3.8) is 0 Å². The van der Waals surface area contributed by atoms with Gasteiger partial charge in [0.15, 0.2) is 11.6 Å². The van der Waals surface area contributed by atoms with Crippen molar-refractivity contribution in [1.29, 1.82) is 0 Å². The summed E-state index contributed by atoms with van der Waals surface area (Å²) >= 11 is 0. The molecule has 0 aliphatic rings. The van der Waals surface area contributed by atoms with E-state index < -0.39 is 11.6 Å². The van der Waals surface area contributed by atoms with Crippen LogP contribution in [-0.4, -0.2) is 0 Å². The van der Waals surface area contributed by atoms with E-state index in [0.29, 0.717) is 11.3 Å². The normalized spacial score (nSPS) is 10.4. The summed E-state index contributed by atoms with van der Waals surface area (Å²) in [7, 11) is 0. The summed E-state index contributed by atoms with van der Waals surface area (Å²) in [6, 6.07) is 0. The summed E-state index contributed by atoms with van der Waals surface area (Å²) in [6.45, 7) is 4.67. The number of hydrogen-bond donors (Lipinski definition) is 1. The lowest BCUT2D eigenvalue weighted by molar-refractivity contribution is 0.497. The van der Waals surface area contributed by atoms with Crippen molar-refractivity contribution < 1.29 is 8.78 Å². The summed E-state index contributed by atoms with van der Waals surface area (Å²) in [5, 5.41) is 0. The van der Waals surface area contributed by atoms with E-state index in [4.69, 9.17) is 5.73 Å². The fourth-order valence-electron chi connectivity index (χ4n) is 1.10. The van der Waals surface area contributed by atoms with Crippen molar-refractivity contribution in [2.24, 2.45) is 0 Å². The highest BCUT2D eigenvalue weighted by Crippen LogP contribution is 2.25. The van der Waals surface area contributed by atoms with Gasteiger partial charge in [-0.05, 0) is 31.9 Å². The minimum Gasteiger partial charge on any atom is -0.398 e. The van der Waals surface area contributed by atoms with Gasteiger partial charge in [0.1, 0.15) is 0 Å². The predicted molar refractivity (Wildman–Crippen MR) is 45.0 cm³/mol. The highest BCUT2D eigenvalue weighted by atomic mass is 19.2. The Morgan fingerprint density at radius 2 is 1.25 bits per heavy atom. The van der Waals surface area contributed by atoms with Gasteiger partial charge in [-0.25, -0.2) is 8.78 Å². The first-order valence-corrected chi connectivity index (χ1v) is 3.67. The van der Waals surface area contributed by atoms with Crippen molar-refractivity contribution in [3.8, 4) is 0 Å². The number of halogens is 2. The van der Waals surface area contributed by atoms with Crippen molar-refractivity contribution in [2.45, 2.75) is 20.8 Å². The van der Waals surface area contributed by atoms with Crippen LogP contribution in [0.1, 0.15) is 16.7 Å². The fraction of sp³-hybridized carbons (Fsp3) is 0.333. The second kappa shape index (κ2) is 2.73. The SMILES string of the molecule is Cc1c(C)c(F)c(F)c(C)c1N. The van der Waals surface area contributed by atoms with Gasteiger partial charge >= 0.3 is 0 Å². The third kappa shape index (κ3) is 1.05. The van der Waals surface area contributed by atoms with E-state index in [0.717, 1.165) is 0 Å². The van der Waals surface area contributed by atoms with E-state index in [1.807, 2.05) is 0 Å². The first kappa shape index (κ1) is 8.97. The molecule has 0 aromatic heterocycles. The molecule has 1 aromatic rings. The van der Waals surface area contributed by atoms with Gasteiger partial charge in [-0.2, -0.15) is 0 Å². The van der Waals surface area contributed by atoms with Crippen LogP contribution in [0.25, 0.3) is 0 Å². The average molecular weight is 171 g/mol. The Balaban J connectivity index is 3.60. The monoisotopic (exact) mass is 171 g/mol. The lowest BCUT2D eigenvalue weighted by Crippen LogP contribution is -2.03. The molecule has 0 saturated heterocycles. The maximum Gasteiger partial charge on any atom is 0.164 e. The summed E-state index contributed by atoms with van der Waals surface area (Å²) < 4.78 is 26.0. The van der Waals surface area contributed by atoms with Crippen molar-refractivity contribution in [2.75, 3.05) is 5.73 Å². The summed E-state index contributed by atoms with van der Waals surface area (Å²) in [5.74, 6) is -1.63. The zero-order valence-electron chi connectivity index (χ0n) is 7.33. The van der Waals surface area contributed by atoms with Gasteiger partial charge in [0.2, 0.25) is 0 Å². The van der Waals surface area contributed by atoms with E-state index in [2.05, 4.69) is 0 Å². The molecule has 1 aromatic carbocycles. The molecule has 0 aliphatic carbocycles. The Morgan fingerprint density at radius 3 is 1.75 bits per heavy atom. The van der Waals surface area contributed by atoms with Crippen LogP contribution in [-0.2, 0) is 0 Å².